The molecule has 2 aliphatic carbocycles. The highest BCUT2D eigenvalue weighted by Crippen LogP contribution is 2.57. The molecule has 0 aliphatic heterocycles. The lowest BCUT2D eigenvalue weighted by Crippen LogP contribution is -2.55. The van der Waals surface area contributed by atoms with Crippen molar-refractivity contribution in [1.82, 2.24) is 0 Å². The summed E-state index contributed by atoms with van der Waals surface area (Å²) >= 11 is 6.39. The zero-order chi connectivity index (χ0) is 10.9. The van der Waals surface area contributed by atoms with Gasteiger partial charge in [-0.15, -0.1) is 11.6 Å². The molecule has 0 aromatic carbocycles. The van der Waals surface area contributed by atoms with Gasteiger partial charge >= 0.3 is 0 Å². The van der Waals surface area contributed by atoms with Crippen LogP contribution in [0.1, 0.15) is 58.8 Å². The maximum absolute atomic E-state index is 6.39. The average Bonchev–Trinajstić information content (AvgIpc) is 2.69. The van der Waals surface area contributed by atoms with Crippen molar-refractivity contribution >= 4 is 11.6 Å². The molecule has 1 spiro atoms. The number of ether oxygens (including phenoxy) is 1. The molecule has 1 nitrogen and oxygen atoms in total. The summed E-state index contributed by atoms with van der Waals surface area (Å²) in [7, 11) is 0. The second-order valence-corrected chi connectivity index (χ2v) is 5.89. The number of hydrogen-bond acceptors (Lipinski definition) is 1. The molecule has 2 aliphatic rings. The fourth-order valence-electron chi connectivity index (χ4n) is 3.31. The van der Waals surface area contributed by atoms with Crippen molar-refractivity contribution < 1.29 is 4.74 Å². The summed E-state index contributed by atoms with van der Waals surface area (Å²) in [5.74, 6) is 0. The predicted molar refractivity (Wildman–Crippen MR) is 64.4 cm³/mol. The van der Waals surface area contributed by atoms with Crippen molar-refractivity contribution in [2.75, 3.05) is 0 Å². The lowest BCUT2D eigenvalue weighted by molar-refractivity contribution is -0.133. The topological polar surface area (TPSA) is 9.23 Å². The summed E-state index contributed by atoms with van der Waals surface area (Å²) in [5, 5.41) is 0.388. The molecule has 3 atom stereocenters. The second-order valence-electron chi connectivity index (χ2n) is 5.37. The summed E-state index contributed by atoms with van der Waals surface area (Å²) in [6, 6.07) is 0. The average molecular weight is 231 g/mol. The Morgan fingerprint density at radius 2 is 2.07 bits per heavy atom. The van der Waals surface area contributed by atoms with Crippen molar-refractivity contribution in [2.45, 2.75) is 76.4 Å². The van der Waals surface area contributed by atoms with Gasteiger partial charge in [0.1, 0.15) is 0 Å². The van der Waals surface area contributed by atoms with Gasteiger partial charge < -0.3 is 4.74 Å². The van der Waals surface area contributed by atoms with E-state index in [4.69, 9.17) is 16.3 Å². The highest BCUT2D eigenvalue weighted by Gasteiger charge is 2.56. The third kappa shape index (κ3) is 2.06. The van der Waals surface area contributed by atoms with Gasteiger partial charge in [0.25, 0.3) is 0 Å². The van der Waals surface area contributed by atoms with E-state index in [-0.39, 0.29) is 0 Å². The largest absolute Gasteiger partial charge is 0.375 e. The van der Waals surface area contributed by atoms with Crippen LogP contribution in [0.15, 0.2) is 0 Å². The first-order chi connectivity index (χ1) is 7.19. The lowest BCUT2D eigenvalue weighted by atomic mass is 9.64. The van der Waals surface area contributed by atoms with E-state index in [1.54, 1.807) is 0 Å². The summed E-state index contributed by atoms with van der Waals surface area (Å²) in [6.07, 6.45) is 9.65. The third-order valence-corrected chi connectivity index (χ3v) is 4.93. The highest BCUT2D eigenvalue weighted by atomic mass is 35.5. The fraction of sp³-hybridized carbons (Fsp3) is 1.00. The van der Waals surface area contributed by atoms with E-state index in [1.165, 1.54) is 38.5 Å². The first-order valence-electron chi connectivity index (χ1n) is 6.48. The summed E-state index contributed by atoms with van der Waals surface area (Å²) < 4.78 is 6.15. The Labute approximate surface area is 98.5 Å². The first kappa shape index (κ1) is 11.7. The van der Waals surface area contributed by atoms with Crippen LogP contribution in [0.5, 0.6) is 0 Å². The summed E-state index contributed by atoms with van der Waals surface area (Å²) in [5.41, 5.74) is 0.365. The summed E-state index contributed by atoms with van der Waals surface area (Å²) in [4.78, 5) is 0. The van der Waals surface area contributed by atoms with Gasteiger partial charge in [-0.05, 0) is 32.6 Å². The van der Waals surface area contributed by atoms with Crippen LogP contribution in [-0.4, -0.2) is 17.6 Å². The van der Waals surface area contributed by atoms with Crippen LogP contribution >= 0.6 is 11.6 Å². The van der Waals surface area contributed by atoms with E-state index >= 15 is 0 Å². The van der Waals surface area contributed by atoms with Crippen LogP contribution in [0, 0.1) is 5.41 Å². The predicted octanol–water partition coefficient (Wildman–Crippen LogP) is 4.13. The van der Waals surface area contributed by atoms with E-state index < -0.39 is 0 Å². The zero-order valence-electron chi connectivity index (χ0n) is 9.97. The van der Waals surface area contributed by atoms with Crippen molar-refractivity contribution in [3.63, 3.8) is 0 Å². The molecule has 0 aromatic rings. The minimum Gasteiger partial charge on any atom is -0.375 e. The fourth-order valence-corrected chi connectivity index (χ4v) is 3.83. The number of rotatable bonds is 4. The van der Waals surface area contributed by atoms with Crippen LogP contribution in [0.3, 0.4) is 0 Å². The van der Waals surface area contributed by atoms with Crippen molar-refractivity contribution in [2.24, 2.45) is 5.41 Å². The molecule has 0 radical (unpaired) electrons. The molecular formula is C13H23ClO. The van der Waals surface area contributed by atoms with Crippen LogP contribution in [0.2, 0.25) is 0 Å². The molecule has 2 heteroatoms. The molecule has 0 saturated heterocycles. The summed E-state index contributed by atoms with van der Waals surface area (Å²) in [6.45, 7) is 4.42. The Morgan fingerprint density at radius 1 is 1.40 bits per heavy atom. The second kappa shape index (κ2) is 4.63. The SMILES string of the molecule is CCCC(C)OC1CC(Cl)C12CCCC2. The Kier molecular flexibility index (Phi) is 3.62. The molecule has 0 N–H and O–H groups in total. The van der Waals surface area contributed by atoms with Gasteiger partial charge in [0.15, 0.2) is 0 Å². The van der Waals surface area contributed by atoms with E-state index in [9.17, 15) is 0 Å². The van der Waals surface area contributed by atoms with E-state index in [2.05, 4.69) is 13.8 Å². The Bertz CT molecular complexity index is 211. The van der Waals surface area contributed by atoms with Gasteiger partial charge in [-0.2, -0.15) is 0 Å². The van der Waals surface area contributed by atoms with Crippen molar-refractivity contribution in [3.8, 4) is 0 Å². The lowest BCUT2D eigenvalue weighted by Gasteiger charge is -2.52. The maximum atomic E-state index is 6.39. The minimum atomic E-state index is 0.365. The monoisotopic (exact) mass is 230 g/mol. The number of alkyl halides is 1. The molecule has 2 saturated carbocycles. The number of hydrogen-bond donors (Lipinski definition) is 0. The van der Waals surface area contributed by atoms with E-state index in [1.807, 2.05) is 0 Å². The molecule has 3 unspecified atom stereocenters. The molecule has 0 heterocycles. The van der Waals surface area contributed by atoms with Crippen LogP contribution in [0.25, 0.3) is 0 Å². The van der Waals surface area contributed by atoms with Gasteiger partial charge in [0, 0.05) is 10.8 Å². The molecule has 0 bridgehead atoms. The third-order valence-electron chi connectivity index (χ3n) is 4.31. The smallest absolute Gasteiger partial charge is 0.0663 e. The highest BCUT2D eigenvalue weighted by molar-refractivity contribution is 6.21. The van der Waals surface area contributed by atoms with Crippen LogP contribution in [-0.2, 0) is 4.74 Å². The van der Waals surface area contributed by atoms with Crippen molar-refractivity contribution in [1.29, 1.82) is 0 Å². The molecule has 15 heavy (non-hydrogen) atoms. The molecule has 2 rings (SSSR count). The van der Waals surface area contributed by atoms with Crippen molar-refractivity contribution in [3.05, 3.63) is 0 Å². The first-order valence-corrected chi connectivity index (χ1v) is 6.92. The maximum Gasteiger partial charge on any atom is 0.0663 e. The van der Waals surface area contributed by atoms with Gasteiger partial charge in [-0.25, -0.2) is 0 Å². The Balaban J connectivity index is 1.88. The Hall–Kier alpha value is 0.250. The van der Waals surface area contributed by atoms with Crippen LogP contribution < -0.4 is 0 Å². The quantitative estimate of drug-likeness (QED) is 0.660. The van der Waals surface area contributed by atoms with Gasteiger partial charge in [-0.1, -0.05) is 26.2 Å². The Morgan fingerprint density at radius 3 is 2.60 bits per heavy atom. The molecular weight excluding hydrogens is 208 g/mol. The minimum absolute atomic E-state index is 0.365. The van der Waals surface area contributed by atoms with E-state index in [0.29, 0.717) is 23.0 Å². The number of halogens is 1. The van der Waals surface area contributed by atoms with Gasteiger partial charge in [-0.3, -0.25) is 0 Å². The normalized spacial score (nSPS) is 35.4. The molecule has 2 fully saturated rings. The molecule has 88 valence electrons. The zero-order valence-corrected chi connectivity index (χ0v) is 10.7. The van der Waals surface area contributed by atoms with Crippen LogP contribution in [0.4, 0.5) is 0 Å². The van der Waals surface area contributed by atoms with E-state index in [0.717, 1.165) is 6.42 Å². The standard InChI is InChI=1S/C13H23ClO/c1-3-6-10(2)15-12-9-11(14)13(12)7-4-5-8-13/h10-12H,3-9H2,1-2H3. The molecule has 0 amide bonds. The van der Waals surface area contributed by atoms with Gasteiger partial charge in [0.2, 0.25) is 0 Å². The van der Waals surface area contributed by atoms with Gasteiger partial charge in [0.05, 0.1) is 12.2 Å². The molecule has 0 aromatic heterocycles.